The largest absolute Gasteiger partial charge is 0.478 e. The summed E-state index contributed by atoms with van der Waals surface area (Å²) in [5, 5.41) is 20.2. The quantitative estimate of drug-likeness (QED) is 0.580. The Hall–Kier alpha value is -2.99. The molecule has 1 saturated heterocycles. The zero-order valence-corrected chi connectivity index (χ0v) is 18.6. The molecule has 0 bridgehead atoms. The minimum atomic E-state index is -0.958. The van der Waals surface area contributed by atoms with Crippen molar-refractivity contribution in [3.05, 3.63) is 83.2 Å². The van der Waals surface area contributed by atoms with Gasteiger partial charge in [-0.1, -0.05) is 49.3 Å². The SMILES string of the molecule is O=C(O)c1ccc(CCN2C(=O)CC[C@@H]2C=C[C@H](O)C2(c3ccc(F)cc3)CCCC2)cc1. The number of benzene rings is 2. The van der Waals surface area contributed by atoms with E-state index in [2.05, 4.69) is 0 Å². The molecule has 2 N–H and O–H groups in total. The van der Waals surface area contributed by atoms with Gasteiger partial charge in [-0.2, -0.15) is 0 Å². The minimum absolute atomic E-state index is 0.0721. The zero-order chi connectivity index (χ0) is 23.4. The normalized spacial score (nSPS) is 21.1. The number of hydrogen-bond donors (Lipinski definition) is 2. The number of carboxylic acid groups (broad SMARTS) is 1. The fourth-order valence-electron chi connectivity index (χ4n) is 5.27. The van der Waals surface area contributed by atoms with Gasteiger partial charge in [-0.15, -0.1) is 0 Å². The monoisotopic (exact) mass is 451 g/mol. The van der Waals surface area contributed by atoms with Crippen LogP contribution in [0.5, 0.6) is 0 Å². The van der Waals surface area contributed by atoms with E-state index in [-0.39, 0.29) is 23.3 Å². The number of hydrogen-bond acceptors (Lipinski definition) is 3. The van der Waals surface area contributed by atoms with Gasteiger partial charge in [0.15, 0.2) is 0 Å². The van der Waals surface area contributed by atoms with Gasteiger partial charge in [0, 0.05) is 18.4 Å². The van der Waals surface area contributed by atoms with Crippen molar-refractivity contribution in [3.63, 3.8) is 0 Å². The maximum atomic E-state index is 13.4. The molecule has 2 fully saturated rings. The number of carbonyl (C=O) groups excluding carboxylic acids is 1. The third-order valence-corrected chi connectivity index (χ3v) is 7.21. The second kappa shape index (κ2) is 9.87. The van der Waals surface area contributed by atoms with Crippen LogP contribution < -0.4 is 0 Å². The number of aromatic carboxylic acids is 1. The van der Waals surface area contributed by atoms with E-state index < -0.39 is 17.5 Å². The van der Waals surface area contributed by atoms with E-state index in [9.17, 15) is 19.1 Å². The highest BCUT2D eigenvalue weighted by molar-refractivity contribution is 5.87. The lowest BCUT2D eigenvalue weighted by molar-refractivity contribution is -0.128. The summed E-state index contributed by atoms with van der Waals surface area (Å²) in [6.45, 7) is 0.541. The van der Waals surface area contributed by atoms with E-state index in [0.717, 1.165) is 36.8 Å². The first kappa shape index (κ1) is 23.2. The molecule has 0 spiro atoms. The van der Waals surface area contributed by atoms with Crippen molar-refractivity contribution in [2.24, 2.45) is 0 Å². The van der Waals surface area contributed by atoms with Gasteiger partial charge in [0.05, 0.1) is 17.7 Å². The summed E-state index contributed by atoms with van der Waals surface area (Å²) in [5.74, 6) is -1.15. The molecule has 0 aromatic heterocycles. The van der Waals surface area contributed by atoms with Gasteiger partial charge in [0.2, 0.25) is 5.91 Å². The van der Waals surface area contributed by atoms with Crippen LogP contribution in [0.1, 0.15) is 60.0 Å². The topological polar surface area (TPSA) is 77.8 Å². The lowest BCUT2D eigenvalue weighted by Gasteiger charge is -2.34. The average Bonchev–Trinajstić information content (AvgIpc) is 3.44. The number of nitrogens with zero attached hydrogens (tertiary/aromatic N) is 1. The van der Waals surface area contributed by atoms with Crippen LogP contribution in [0.25, 0.3) is 0 Å². The number of halogens is 1. The van der Waals surface area contributed by atoms with E-state index in [1.165, 1.54) is 12.1 Å². The molecule has 2 atom stereocenters. The Balaban J connectivity index is 1.43. The molecule has 6 heteroatoms. The number of amides is 1. The molecule has 4 rings (SSSR count). The Morgan fingerprint density at radius 3 is 2.42 bits per heavy atom. The Morgan fingerprint density at radius 1 is 1.12 bits per heavy atom. The maximum Gasteiger partial charge on any atom is 0.335 e. The number of carbonyl (C=O) groups is 2. The van der Waals surface area contributed by atoms with E-state index in [0.29, 0.717) is 25.8 Å². The first-order chi connectivity index (χ1) is 15.9. The van der Waals surface area contributed by atoms with Crippen molar-refractivity contribution in [2.75, 3.05) is 6.54 Å². The van der Waals surface area contributed by atoms with Crippen LogP contribution >= 0.6 is 0 Å². The lowest BCUT2D eigenvalue weighted by atomic mass is 9.74. The Morgan fingerprint density at radius 2 is 1.79 bits per heavy atom. The van der Waals surface area contributed by atoms with Gasteiger partial charge >= 0.3 is 5.97 Å². The van der Waals surface area contributed by atoms with Gasteiger partial charge < -0.3 is 15.1 Å². The zero-order valence-electron chi connectivity index (χ0n) is 18.6. The smallest absolute Gasteiger partial charge is 0.335 e. The highest BCUT2D eigenvalue weighted by atomic mass is 19.1. The molecule has 2 aromatic rings. The van der Waals surface area contributed by atoms with E-state index >= 15 is 0 Å². The molecule has 2 aliphatic rings. The third kappa shape index (κ3) is 5.01. The van der Waals surface area contributed by atoms with E-state index in [4.69, 9.17) is 5.11 Å². The highest BCUT2D eigenvalue weighted by Gasteiger charge is 2.41. The van der Waals surface area contributed by atoms with Gasteiger partial charge in [-0.05, 0) is 61.1 Å². The second-order valence-corrected chi connectivity index (χ2v) is 9.15. The van der Waals surface area contributed by atoms with Crippen LogP contribution in [0, 0.1) is 5.82 Å². The van der Waals surface area contributed by atoms with Gasteiger partial charge in [-0.3, -0.25) is 4.79 Å². The molecule has 33 heavy (non-hydrogen) atoms. The Kier molecular flexibility index (Phi) is 6.94. The molecule has 5 nitrogen and oxygen atoms in total. The molecule has 174 valence electrons. The second-order valence-electron chi connectivity index (χ2n) is 9.15. The summed E-state index contributed by atoms with van der Waals surface area (Å²) >= 11 is 0. The van der Waals surface area contributed by atoms with Crippen LogP contribution in [0.3, 0.4) is 0 Å². The number of aliphatic hydroxyl groups excluding tert-OH is 1. The Bertz CT molecular complexity index is 1010. The highest BCUT2D eigenvalue weighted by Crippen LogP contribution is 2.44. The van der Waals surface area contributed by atoms with Gasteiger partial charge in [0.1, 0.15) is 5.82 Å². The van der Waals surface area contributed by atoms with Crippen molar-refractivity contribution in [1.29, 1.82) is 0 Å². The van der Waals surface area contributed by atoms with Crippen LogP contribution in [0.4, 0.5) is 4.39 Å². The molecule has 2 aromatic carbocycles. The number of aliphatic hydroxyl groups is 1. The van der Waals surface area contributed by atoms with Crippen molar-refractivity contribution >= 4 is 11.9 Å². The van der Waals surface area contributed by atoms with Crippen LogP contribution in [-0.4, -0.2) is 45.7 Å². The number of carboxylic acids is 1. The molecular weight excluding hydrogens is 421 g/mol. The predicted octanol–water partition coefficient (Wildman–Crippen LogP) is 4.49. The first-order valence-corrected chi connectivity index (χ1v) is 11.6. The van der Waals surface area contributed by atoms with Crippen LogP contribution in [0.2, 0.25) is 0 Å². The number of rotatable bonds is 8. The molecular formula is C27H30FNO4. The lowest BCUT2D eigenvalue weighted by Crippen LogP contribution is -2.37. The van der Waals surface area contributed by atoms with Gasteiger partial charge in [-0.25, -0.2) is 9.18 Å². The summed E-state index contributed by atoms with van der Waals surface area (Å²) in [4.78, 5) is 25.3. The first-order valence-electron chi connectivity index (χ1n) is 11.6. The maximum absolute atomic E-state index is 13.4. The summed E-state index contributed by atoms with van der Waals surface area (Å²) < 4.78 is 13.4. The molecule has 1 saturated carbocycles. The molecule has 1 aliphatic heterocycles. The van der Waals surface area contributed by atoms with Crippen LogP contribution in [0.15, 0.2) is 60.7 Å². The van der Waals surface area contributed by atoms with E-state index in [1.807, 2.05) is 17.1 Å². The minimum Gasteiger partial charge on any atom is -0.478 e. The summed E-state index contributed by atoms with van der Waals surface area (Å²) in [6, 6.07) is 13.1. The van der Waals surface area contributed by atoms with Crippen molar-refractivity contribution in [3.8, 4) is 0 Å². The average molecular weight is 452 g/mol. The van der Waals surface area contributed by atoms with E-state index in [1.54, 1.807) is 36.4 Å². The van der Waals surface area contributed by atoms with Crippen LogP contribution in [-0.2, 0) is 16.6 Å². The van der Waals surface area contributed by atoms with Crippen molar-refractivity contribution in [2.45, 2.75) is 62.5 Å². The Labute approximate surface area is 193 Å². The molecule has 1 aliphatic carbocycles. The fourth-order valence-corrected chi connectivity index (χ4v) is 5.27. The standard InChI is InChI=1S/C27H30FNO4/c28-22-9-7-21(8-10-22)27(16-1-2-17-27)24(30)13-11-23-12-14-25(31)29(23)18-15-19-3-5-20(6-4-19)26(32)33/h3-11,13,23-24,30H,1-2,12,14-18H2,(H,32,33)/t23-,24-/m0/s1. The predicted molar refractivity (Wildman–Crippen MR) is 124 cm³/mol. The third-order valence-electron chi connectivity index (χ3n) is 7.21. The summed E-state index contributed by atoms with van der Waals surface area (Å²) in [6.07, 6.45) is 8.65. The van der Waals surface area contributed by atoms with Crippen molar-refractivity contribution < 1.29 is 24.2 Å². The summed E-state index contributed by atoms with van der Waals surface area (Å²) in [7, 11) is 0. The molecule has 1 heterocycles. The summed E-state index contributed by atoms with van der Waals surface area (Å²) in [5.41, 5.74) is 1.77. The number of likely N-dealkylation sites (tertiary alicyclic amines) is 1. The van der Waals surface area contributed by atoms with Gasteiger partial charge in [0.25, 0.3) is 0 Å². The van der Waals surface area contributed by atoms with Crippen molar-refractivity contribution in [1.82, 2.24) is 4.90 Å². The molecule has 1 amide bonds. The fraction of sp³-hybridized carbons (Fsp3) is 0.407. The molecule has 0 unspecified atom stereocenters. The molecule has 0 radical (unpaired) electrons.